The fraction of sp³-hybridized carbons (Fsp3) is 0.560. The number of anilines is 1. The summed E-state index contributed by atoms with van der Waals surface area (Å²) in [6, 6.07) is 7.88. The van der Waals surface area contributed by atoms with E-state index in [0.29, 0.717) is 50.8 Å². The van der Waals surface area contributed by atoms with Gasteiger partial charge in [0.25, 0.3) is 0 Å². The van der Waals surface area contributed by atoms with Crippen molar-refractivity contribution in [3.05, 3.63) is 52.4 Å². The number of aliphatic hydroxyl groups is 1. The van der Waals surface area contributed by atoms with Gasteiger partial charge < -0.3 is 25.0 Å². The van der Waals surface area contributed by atoms with E-state index in [1.807, 2.05) is 29.2 Å². The first-order chi connectivity index (χ1) is 16.5. The second-order valence-electron chi connectivity index (χ2n) is 9.53. The van der Waals surface area contributed by atoms with Crippen LogP contribution >= 0.6 is 11.6 Å². The van der Waals surface area contributed by atoms with Gasteiger partial charge in [-0.1, -0.05) is 30.7 Å². The van der Waals surface area contributed by atoms with Gasteiger partial charge in [-0.05, 0) is 36.5 Å². The topological polar surface area (TPSA) is 90.8 Å². The Balaban J connectivity index is 1.28. The summed E-state index contributed by atoms with van der Waals surface area (Å²) in [4.78, 5) is 26.7. The number of hydrogen-bond donors (Lipinski definition) is 2. The number of nitrogens with one attached hydrogen (secondary N) is 1. The molecule has 5 rings (SSSR count). The van der Waals surface area contributed by atoms with Gasteiger partial charge in [0.15, 0.2) is 0 Å². The van der Waals surface area contributed by atoms with Crippen LogP contribution in [-0.4, -0.2) is 77.9 Å². The molecule has 0 bridgehead atoms. The van der Waals surface area contributed by atoms with Crippen LogP contribution in [0, 0.1) is 0 Å². The Hall–Kier alpha value is -2.26. The minimum absolute atomic E-state index is 0.130. The first-order valence-corrected chi connectivity index (χ1v) is 12.5. The van der Waals surface area contributed by atoms with E-state index < -0.39 is 6.10 Å². The highest BCUT2D eigenvalue weighted by molar-refractivity contribution is 6.30. The molecule has 0 unspecified atom stereocenters. The quantitative estimate of drug-likeness (QED) is 0.649. The van der Waals surface area contributed by atoms with Gasteiger partial charge in [0.2, 0.25) is 5.91 Å². The monoisotopic (exact) mass is 485 g/mol. The lowest BCUT2D eigenvalue weighted by molar-refractivity contribution is -0.133. The molecule has 182 valence electrons. The van der Waals surface area contributed by atoms with Gasteiger partial charge in [0.05, 0.1) is 24.3 Å². The minimum Gasteiger partial charge on any atom is -0.387 e. The normalized spacial score (nSPS) is 25.4. The van der Waals surface area contributed by atoms with E-state index in [-0.39, 0.29) is 23.8 Å². The Labute approximate surface area is 205 Å². The van der Waals surface area contributed by atoms with Crippen LogP contribution in [0.5, 0.6) is 0 Å². The molecule has 3 aliphatic rings. The molecule has 2 fully saturated rings. The molecular weight excluding hydrogens is 454 g/mol. The molecule has 0 radical (unpaired) electrons. The summed E-state index contributed by atoms with van der Waals surface area (Å²) in [6.07, 6.45) is 2.67. The SMILES string of the molecule is C[C@@H]1C[C@H](O)c2ncnc(N3CCN(C(=O)[C@H](CN[C@H]4CCOC4)c4ccc(Cl)cc4)CC3)c21. The Morgan fingerprint density at radius 2 is 2.00 bits per heavy atom. The van der Waals surface area contributed by atoms with Crippen LogP contribution in [0.2, 0.25) is 5.02 Å². The molecule has 1 aromatic heterocycles. The van der Waals surface area contributed by atoms with Crippen LogP contribution in [-0.2, 0) is 9.53 Å². The van der Waals surface area contributed by atoms with Crippen molar-refractivity contribution >= 4 is 23.3 Å². The maximum absolute atomic E-state index is 13.7. The van der Waals surface area contributed by atoms with Gasteiger partial charge >= 0.3 is 0 Å². The molecule has 9 heteroatoms. The van der Waals surface area contributed by atoms with Gasteiger partial charge in [-0.25, -0.2) is 9.97 Å². The second kappa shape index (κ2) is 10.2. The largest absolute Gasteiger partial charge is 0.387 e. The molecule has 0 saturated carbocycles. The van der Waals surface area contributed by atoms with Gasteiger partial charge in [-0.15, -0.1) is 0 Å². The lowest BCUT2D eigenvalue weighted by atomic mass is 9.96. The standard InChI is InChI=1S/C25H32ClN5O3/c1-16-12-21(32)23-22(16)24(29-15-28-23)30-7-9-31(10-8-30)25(33)20(13-27-19-6-11-34-14-19)17-2-4-18(26)5-3-17/h2-5,15-16,19-21,27,32H,6-14H2,1H3/t16-,19+,20-,21+/m1/s1. The van der Waals surface area contributed by atoms with E-state index in [2.05, 4.69) is 27.1 Å². The summed E-state index contributed by atoms with van der Waals surface area (Å²) in [5.41, 5.74) is 2.78. The van der Waals surface area contributed by atoms with Crippen LogP contribution in [0.3, 0.4) is 0 Å². The van der Waals surface area contributed by atoms with Crippen molar-refractivity contribution in [1.29, 1.82) is 0 Å². The van der Waals surface area contributed by atoms with Crippen LogP contribution in [0.1, 0.15) is 54.5 Å². The van der Waals surface area contributed by atoms with Crippen molar-refractivity contribution in [1.82, 2.24) is 20.2 Å². The molecule has 2 aliphatic heterocycles. The predicted octanol–water partition coefficient (Wildman–Crippen LogP) is 2.48. The Kier molecular flexibility index (Phi) is 7.01. The highest BCUT2D eigenvalue weighted by Gasteiger charge is 2.35. The summed E-state index contributed by atoms with van der Waals surface area (Å²) in [7, 11) is 0. The number of rotatable bonds is 6. The summed E-state index contributed by atoms with van der Waals surface area (Å²) in [5, 5.41) is 14.5. The molecule has 1 aromatic carbocycles. The first kappa shape index (κ1) is 23.5. The molecule has 0 spiro atoms. The summed E-state index contributed by atoms with van der Waals surface area (Å²) in [5.74, 6) is 0.979. The van der Waals surface area contributed by atoms with Crippen molar-refractivity contribution < 1.29 is 14.6 Å². The minimum atomic E-state index is -0.521. The third kappa shape index (κ3) is 4.77. The Bertz CT molecular complexity index is 1010. The average Bonchev–Trinajstić information content (AvgIpc) is 3.48. The van der Waals surface area contributed by atoms with Crippen molar-refractivity contribution in [3.8, 4) is 0 Å². The number of hydrogen-bond acceptors (Lipinski definition) is 7. The number of ether oxygens (including phenoxy) is 1. The second-order valence-corrected chi connectivity index (χ2v) is 9.97. The molecule has 2 N–H and O–H groups in total. The lowest BCUT2D eigenvalue weighted by Gasteiger charge is -2.38. The molecule has 2 saturated heterocycles. The zero-order valence-corrected chi connectivity index (χ0v) is 20.2. The molecule has 1 aliphatic carbocycles. The van der Waals surface area contributed by atoms with E-state index in [1.165, 1.54) is 0 Å². The van der Waals surface area contributed by atoms with Gasteiger partial charge in [0, 0.05) is 56.0 Å². The Morgan fingerprint density at radius 3 is 2.71 bits per heavy atom. The van der Waals surface area contributed by atoms with Crippen molar-refractivity contribution in [3.63, 3.8) is 0 Å². The third-order valence-corrected chi connectivity index (χ3v) is 7.53. The zero-order valence-electron chi connectivity index (χ0n) is 19.5. The van der Waals surface area contributed by atoms with E-state index in [1.54, 1.807) is 6.33 Å². The summed E-state index contributed by atoms with van der Waals surface area (Å²) < 4.78 is 5.48. The van der Waals surface area contributed by atoms with E-state index in [9.17, 15) is 9.90 Å². The number of piperazine rings is 1. The Morgan fingerprint density at radius 1 is 1.24 bits per heavy atom. The summed E-state index contributed by atoms with van der Waals surface area (Å²) in [6.45, 7) is 6.81. The predicted molar refractivity (Wildman–Crippen MR) is 130 cm³/mol. The number of carbonyl (C=O) groups is 1. The van der Waals surface area contributed by atoms with Gasteiger partial charge in [-0.3, -0.25) is 4.79 Å². The van der Waals surface area contributed by atoms with Crippen LogP contribution in [0.15, 0.2) is 30.6 Å². The average molecular weight is 486 g/mol. The van der Waals surface area contributed by atoms with Crippen LogP contribution in [0.4, 0.5) is 5.82 Å². The number of amides is 1. The van der Waals surface area contributed by atoms with Crippen molar-refractivity contribution in [2.75, 3.05) is 50.8 Å². The number of aliphatic hydroxyl groups excluding tert-OH is 1. The van der Waals surface area contributed by atoms with E-state index >= 15 is 0 Å². The number of halogens is 1. The highest BCUT2D eigenvalue weighted by Crippen LogP contribution is 2.42. The maximum atomic E-state index is 13.7. The molecule has 2 aromatic rings. The molecule has 4 atom stereocenters. The summed E-state index contributed by atoms with van der Waals surface area (Å²) >= 11 is 6.10. The fourth-order valence-electron chi connectivity index (χ4n) is 5.34. The van der Waals surface area contributed by atoms with E-state index in [0.717, 1.165) is 35.7 Å². The highest BCUT2D eigenvalue weighted by atomic mass is 35.5. The smallest absolute Gasteiger partial charge is 0.231 e. The van der Waals surface area contributed by atoms with Crippen LogP contribution < -0.4 is 10.2 Å². The molecular formula is C25H32ClN5O3. The van der Waals surface area contributed by atoms with Crippen molar-refractivity contribution in [2.24, 2.45) is 0 Å². The zero-order chi connectivity index (χ0) is 23.7. The number of aromatic nitrogens is 2. The number of nitrogens with zero attached hydrogens (tertiary/aromatic N) is 4. The van der Waals surface area contributed by atoms with E-state index in [4.69, 9.17) is 16.3 Å². The number of fused-ring (bicyclic) bond motifs is 1. The lowest BCUT2D eigenvalue weighted by Crippen LogP contribution is -2.51. The van der Waals surface area contributed by atoms with Gasteiger partial charge in [0.1, 0.15) is 12.1 Å². The molecule has 34 heavy (non-hydrogen) atoms. The molecule has 8 nitrogen and oxygen atoms in total. The van der Waals surface area contributed by atoms with Crippen molar-refractivity contribution in [2.45, 2.75) is 43.7 Å². The van der Waals surface area contributed by atoms with Crippen LogP contribution in [0.25, 0.3) is 0 Å². The third-order valence-electron chi connectivity index (χ3n) is 7.28. The van der Waals surface area contributed by atoms with Gasteiger partial charge in [-0.2, -0.15) is 0 Å². The maximum Gasteiger partial charge on any atom is 0.231 e. The molecule has 1 amide bonds. The fourth-order valence-corrected chi connectivity index (χ4v) is 5.46. The number of carbonyl (C=O) groups excluding carboxylic acids is 1. The molecule has 3 heterocycles. The first-order valence-electron chi connectivity index (χ1n) is 12.1. The number of benzene rings is 1.